The lowest BCUT2D eigenvalue weighted by molar-refractivity contribution is -0.127. The summed E-state index contributed by atoms with van der Waals surface area (Å²) in [6, 6.07) is 22.2. The Morgan fingerprint density at radius 2 is 1.85 bits per heavy atom. The van der Waals surface area contributed by atoms with Gasteiger partial charge in [0.1, 0.15) is 5.75 Å². The normalized spacial score (nSPS) is 10.8. The van der Waals surface area contributed by atoms with Gasteiger partial charge in [-0.3, -0.25) is 4.79 Å². The van der Waals surface area contributed by atoms with Gasteiger partial charge in [-0.15, -0.1) is 21.5 Å². The molecule has 33 heavy (non-hydrogen) atoms. The fourth-order valence-electron chi connectivity index (χ4n) is 3.47. The van der Waals surface area contributed by atoms with E-state index in [9.17, 15) is 4.79 Å². The molecule has 2 aromatic carbocycles. The number of hydrogen-bond acceptors (Lipinski definition) is 6. The number of ether oxygens (including phenoxy) is 1. The molecule has 0 fully saturated rings. The number of benzene rings is 2. The average molecular weight is 479 g/mol. The van der Waals surface area contributed by atoms with Crippen molar-refractivity contribution in [2.75, 3.05) is 19.9 Å². The van der Waals surface area contributed by atoms with Crippen molar-refractivity contribution in [3.05, 3.63) is 82.6 Å². The maximum Gasteiger partial charge on any atom is 0.233 e. The number of carbonyl (C=O) groups is 1. The zero-order valence-corrected chi connectivity index (χ0v) is 20.3. The number of hydrogen-bond donors (Lipinski definition) is 0. The van der Waals surface area contributed by atoms with E-state index in [2.05, 4.69) is 26.9 Å². The molecule has 4 rings (SSSR count). The zero-order valence-electron chi connectivity index (χ0n) is 18.7. The average Bonchev–Trinajstić information content (AvgIpc) is 3.51. The summed E-state index contributed by atoms with van der Waals surface area (Å²) in [5.41, 5.74) is 2.12. The lowest BCUT2D eigenvalue weighted by atomic mass is 10.1. The van der Waals surface area contributed by atoms with E-state index < -0.39 is 0 Å². The van der Waals surface area contributed by atoms with Gasteiger partial charge in [-0.2, -0.15) is 0 Å². The van der Waals surface area contributed by atoms with Crippen molar-refractivity contribution >= 4 is 29.0 Å². The van der Waals surface area contributed by atoms with E-state index in [0.29, 0.717) is 18.8 Å². The maximum absolute atomic E-state index is 12.7. The van der Waals surface area contributed by atoms with E-state index in [-0.39, 0.29) is 5.91 Å². The first-order valence-electron chi connectivity index (χ1n) is 10.7. The fraction of sp³-hybridized carbons (Fsp3) is 0.240. The number of thioether (sulfide) groups is 1. The number of methoxy groups -OCH3 is 1. The van der Waals surface area contributed by atoms with Crippen LogP contribution in [-0.2, 0) is 24.3 Å². The summed E-state index contributed by atoms with van der Waals surface area (Å²) in [5, 5.41) is 11.7. The van der Waals surface area contributed by atoms with E-state index >= 15 is 0 Å². The van der Waals surface area contributed by atoms with Crippen LogP contribution in [0.5, 0.6) is 5.75 Å². The van der Waals surface area contributed by atoms with Gasteiger partial charge < -0.3 is 14.2 Å². The van der Waals surface area contributed by atoms with E-state index in [1.54, 1.807) is 23.3 Å². The summed E-state index contributed by atoms with van der Waals surface area (Å²) in [7, 11) is 3.49. The van der Waals surface area contributed by atoms with Crippen molar-refractivity contribution in [2.24, 2.45) is 0 Å². The van der Waals surface area contributed by atoms with Crippen molar-refractivity contribution in [2.45, 2.75) is 24.7 Å². The summed E-state index contributed by atoms with van der Waals surface area (Å²) in [5.74, 6) is 1.85. The van der Waals surface area contributed by atoms with Crippen LogP contribution in [0.3, 0.4) is 0 Å². The summed E-state index contributed by atoms with van der Waals surface area (Å²) >= 11 is 3.08. The molecule has 0 unspecified atom stereocenters. The van der Waals surface area contributed by atoms with Gasteiger partial charge in [-0.25, -0.2) is 0 Å². The van der Waals surface area contributed by atoms with E-state index in [4.69, 9.17) is 4.74 Å². The third kappa shape index (κ3) is 5.83. The van der Waals surface area contributed by atoms with Crippen LogP contribution in [0.2, 0.25) is 0 Å². The van der Waals surface area contributed by atoms with Crippen LogP contribution in [0, 0.1) is 0 Å². The SMILES string of the molecule is COc1ccccc1-c1nnc(SCC(=O)N(C)Cc2cccs2)n1CCc1ccccc1. The second-order valence-electron chi connectivity index (χ2n) is 7.51. The Kier molecular flexibility index (Phi) is 7.80. The Morgan fingerprint density at radius 1 is 1.06 bits per heavy atom. The summed E-state index contributed by atoms with van der Waals surface area (Å²) < 4.78 is 7.64. The number of rotatable bonds is 10. The minimum absolute atomic E-state index is 0.0600. The molecule has 0 aliphatic rings. The molecule has 0 bridgehead atoms. The van der Waals surface area contributed by atoms with Gasteiger partial charge in [0.15, 0.2) is 11.0 Å². The predicted molar refractivity (Wildman–Crippen MR) is 134 cm³/mol. The monoisotopic (exact) mass is 478 g/mol. The van der Waals surface area contributed by atoms with Crippen LogP contribution in [0.1, 0.15) is 10.4 Å². The number of thiophene rings is 1. The summed E-state index contributed by atoms with van der Waals surface area (Å²) in [6.45, 7) is 1.32. The molecular weight excluding hydrogens is 452 g/mol. The van der Waals surface area contributed by atoms with Crippen LogP contribution in [0.15, 0.2) is 77.3 Å². The molecule has 6 nitrogen and oxygen atoms in total. The minimum Gasteiger partial charge on any atom is -0.496 e. The van der Waals surface area contributed by atoms with Crippen LogP contribution < -0.4 is 4.74 Å². The van der Waals surface area contributed by atoms with Crippen molar-refractivity contribution in [3.8, 4) is 17.1 Å². The highest BCUT2D eigenvalue weighted by Gasteiger charge is 2.19. The lowest BCUT2D eigenvalue weighted by Crippen LogP contribution is -2.27. The van der Waals surface area contributed by atoms with Gasteiger partial charge in [0.25, 0.3) is 0 Å². The molecule has 8 heteroatoms. The number of aromatic nitrogens is 3. The Labute approximate surface area is 202 Å². The third-order valence-electron chi connectivity index (χ3n) is 5.26. The second-order valence-corrected chi connectivity index (χ2v) is 9.49. The van der Waals surface area contributed by atoms with Crippen LogP contribution in [-0.4, -0.2) is 45.5 Å². The van der Waals surface area contributed by atoms with E-state index in [1.807, 2.05) is 67.0 Å². The molecule has 0 spiro atoms. The maximum atomic E-state index is 12.7. The summed E-state index contributed by atoms with van der Waals surface area (Å²) in [4.78, 5) is 15.7. The molecule has 2 heterocycles. The van der Waals surface area contributed by atoms with Gasteiger partial charge in [-0.05, 0) is 35.6 Å². The van der Waals surface area contributed by atoms with Crippen molar-refractivity contribution in [1.29, 1.82) is 0 Å². The van der Waals surface area contributed by atoms with Gasteiger partial charge in [0.05, 0.1) is 25.0 Å². The second kappa shape index (κ2) is 11.2. The lowest BCUT2D eigenvalue weighted by Gasteiger charge is -2.16. The first kappa shape index (κ1) is 23.1. The minimum atomic E-state index is 0.0600. The first-order chi connectivity index (χ1) is 16.2. The Hall–Kier alpha value is -3.10. The number of para-hydroxylation sites is 1. The van der Waals surface area contributed by atoms with E-state index in [1.165, 1.54) is 22.2 Å². The molecule has 1 amide bonds. The Morgan fingerprint density at radius 3 is 2.61 bits per heavy atom. The standard InChI is InChI=1S/C25H26N4O2S2/c1-28(17-20-11-8-16-32-20)23(30)18-33-25-27-26-24(21-12-6-7-13-22(21)31-2)29(25)15-14-19-9-4-3-5-10-19/h3-13,16H,14-15,17-18H2,1-2H3. The quantitative estimate of drug-likeness (QED) is 0.300. The van der Waals surface area contributed by atoms with Crippen molar-refractivity contribution < 1.29 is 9.53 Å². The molecular formula is C25H26N4O2S2. The summed E-state index contributed by atoms with van der Waals surface area (Å²) in [6.07, 6.45) is 0.834. The smallest absolute Gasteiger partial charge is 0.233 e. The number of carbonyl (C=O) groups excluding carboxylic acids is 1. The topological polar surface area (TPSA) is 60.3 Å². The van der Waals surface area contributed by atoms with Gasteiger partial charge in [-0.1, -0.05) is 60.3 Å². The molecule has 170 valence electrons. The molecule has 0 N–H and O–H groups in total. The largest absolute Gasteiger partial charge is 0.496 e. The number of amides is 1. The highest BCUT2D eigenvalue weighted by Crippen LogP contribution is 2.31. The van der Waals surface area contributed by atoms with Gasteiger partial charge >= 0.3 is 0 Å². The fourth-order valence-corrected chi connectivity index (χ4v) is 5.13. The van der Waals surface area contributed by atoms with Crippen LogP contribution in [0.4, 0.5) is 0 Å². The molecule has 0 saturated carbocycles. The number of aryl methyl sites for hydroxylation is 1. The molecule has 0 atom stereocenters. The molecule has 2 aromatic heterocycles. The van der Waals surface area contributed by atoms with Gasteiger partial charge in [0.2, 0.25) is 5.91 Å². The zero-order chi connectivity index (χ0) is 23.0. The Balaban J connectivity index is 1.53. The van der Waals surface area contributed by atoms with Crippen LogP contribution >= 0.6 is 23.1 Å². The molecule has 4 aromatic rings. The molecule has 0 radical (unpaired) electrons. The molecule has 0 saturated heterocycles. The van der Waals surface area contributed by atoms with Gasteiger partial charge in [0, 0.05) is 18.5 Å². The predicted octanol–water partition coefficient (Wildman–Crippen LogP) is 5.01. The first-order valence-corrected chi connectivity index (χ1v) is 12.5. The number of nitrogens with zero attached hydrogens (tertiary/aromatic N) is 4. The third-order valence-corrected chi connectivity index (χ3v) is 7.07. The van der Waals surface area contributed by atoms with Crippen molar-refractivity contribution in [1.82, 2.24) is 19.7 Å². The highest BCUT2D eigenvalue weighted by molar-refractivity contribution is 7.99. The van der Waals surface area contributed by atoms with Crippen LogP contribution in [0.25, 0.3) is 11.4 Å². The van der Waals surface area contributed by atoms with E-state index in [0.717, 1.165) is 28.7 Å². The Bertz CT molecular complexity index is 1180. The molecule has 0 aliphatic carbocycles. The highest BCUT2D eigenvalue weighted by atomic mass is 32.2. The van der Waals surface area contributed by atoms with Crippen molar-refractivity contribution in [3.63, 3.8) is 0 Å². The molecule has 0 aliphatic heterocycles.